The van der Waals surface area contributed by atoms with Crippen LogP contribution in [0.3, 0.4) is 0 Å². The summed E-state index contributed by atoms with van der Waals surface area (Å²) in [5.41, 5.74) is 7.93. The van der Waals surface area contributed by atoms with Crippen LogP contribution in [0.4, 0.5) is 5.69 Å². The van der Waals surface area contributed by atoms with Gasteiger partial charge in [-0.15, -0.1) is 0 Å². The van der Waals surface area contributed by atoms with Crippen molar-refractivity contribution in [3.8, 4) is 0 Å². The molecule has 1 radical (unpaired) electrons. The van der Waals surface area contributed by atoms with E-state index < -0.39 is 0 Å². The zero-order valence-electron chi connectivity index (χ0n) is 6.29. The van der Waals surface area contributed by atoms with Gasteiger partial charge in [-0.1, -0.05) is 6.92 Å². The normalized spacial score (nSPS) is 9.55. The van der Waals surface area contributed by atoms with Crippen molar-refractivity contribution in [2.24, 2.45) is 0 Å². The van der Waals surface area contributed by atoms with Crippen LogP contribution in [0.25, 0.3) is 0 Å². The molecule has 0 fully saturated rings. The maximum Gasteiger partial charge on any atom is 0.180 e. The van der Waals surface area contributed by atoms with Crippen molar-refractivity contribution in [1.29, 1.82) is 0 Å². The summed E-state index contributed by atoms with van der Waals surface area (Å²) in [6, 6.07) is 3.03. The van der Waals surface area contributed by atoms with E-state index in [1.807, 2.05) is 0 Å². The molecule has 0 unspecified atom stereocenters. The van der Waals surface area contributed by atoms with Gasteiger partial charge in [-0.3, -0.25) is 9.78 Å². The van der Waals surface area contributed by atoms with Crippen molar-refractivity contribution in [2.75, 3.05) is 0 Å². The Hall–Kier alpha value is -1.38. The molecule has 0 amide bonds. The van der Waals surface area contributed by atoms with Gasteiger partial charge in [-0.25, -0.2) is 0 Å². The fourth-order valence-corrected chi connectivity index (χ4v) is 0.764. The van der Waals surface area contributed by atoms with Crippen LogP contribution in [0.5, 0.6) is 0 Å². The minimum atomic E-state index is -0.0147. The highest BCUT2D eigenvalue weighted by atomic mass is 16.1. The van der Waals surface area contributed by atoms with E-state index in [1.165, 1.54) is 12.3 Å². The van der Waals surface area contributed by atoms with Crippen LogP contribution < -0.4 is 5.73 Å². The number of Topliss-reactive ketones (excluding diaryl/α,β-unsaturated/α-hetero) is 1. The molecule has 0 saturated heterocycles. The van der Waals surface area contributed by atoms with Crippen LogP contribution in [0.1, 0.15) is 23.8 Å². The number of pyridine rings is 1. The molecule has 1 aromatic heterocycles. The Morgan fingerprint density at radius 3 is 3.00 bits per heavy atom. The van der Waals surface area contributed by atoms with Gasteiger partial charge in [0.1, 0.15) is 5.69 Å². The molecular weight excluding hydrogens is 140 g/mol. The van der Waals surface area contributed by atoms with E-state index >= 15 is 0 Å². The van der Waals surface area contributed by atoms with Crippen molar-refractivity contribution in [3.05, 3.63) is 24.0 Å². The van der Waals surface area contributed by atoms with Gasteiger partial charge in [0.05, 0.1) is 5.69 Å². The fourth-order valence-electron chi connectivity index (χ4n) is 0.764. The van der Waals surface area contributed by atoms with Crippen molar-refractivity contribution >= 4 is 11.5 Å². The molecule has 3 heteroatoms. The Labute approximate surface area is 65.2 Å². The Balaban J connectivity index is 2.96. The maximum absolute atomic E-state index is 11.0. The number of carbonyl (C=O) groups is 1. The summed E-state index contributed by atoms with van der Waals surface area (Å²) >= 11 is 0. The lowest BCUT2D eigenvalue weighted by molar-refractivity contribution is 0.0983. The lowest BCUT2D eigenvalue weighted by Crippen LogP contribution is -1.98. The highest BCUT2D eigenvalue weighted by Crippen LogP contribution is 2.06. The van der Waals surface area contributed by atoms with Crippen LogP contribution in [0.2, 0.25) is 0 Å². The first-order chi connectivity index (χ1) is 5.24. The first-order valence-corrected chi connectivity index (χ1v) is 3.45. The third-order valence-corrected chi connectivity index (χ3v) is 1.37. The van der Waals surface area contributed by atoms with Gasteiger partial charge in [0.2, 0.25) is 0 Å². The number of ketones is 1. The average Bonchev–Trinajstić information content (AvgIpc) is 2.03. The molecular formula is C8H9N2O. The zero-order chi connectivity index (χ0) is 8.27. The molecule has 0 atom stereocenters. The molecule has 0 aliphatic heterocycles. The summed E-state index contributed by atoms with van der Waals surface area (Å²) in [4.78, 5) is 14.9. The molecule has 57 valence electrons. The second kappa shape index (κ2) is 3.14. The minimum Gasteiger partial charge on any atom is -0.301 e. The molecule has 1 aromatic rings. The monoisotopic (exact) mass is 149 g/mol. The standard InChI is InChI=1S/C8H9N2O/c1-2-8(11)7-5-6(9)3-4-10-7/h3-5,9H,2H2,1H3. The number of nitrogens with one attached hydrogen (secondary N) is 1. The molecule has 0 aliphatic rings. The third kappa shape index (κ3) is 1.77. The van der Waals surface area contributed by atoms with Crippen molar-refractivity contribution in [1.82, 2.24) is 10.7 Å². The molecule has 1 N–H and O–H groups in total. The Bertz CT molecular complexity index is 271. The van der Waals surface area contributed by atoms with E-state index in [1.54, 1.807) is 13.0 Å². The summed E-state index contributed by atoms with van der Waals surface area (Å²) in [6.45, 7) is 1.78. The smallest absolute Gasteiger partial charge is 0.180 e. The quantitative estimate of drug-likeness (QED) is 0.599. The van der Waals surface area contributed by atoms with Gasteiger partial charge in [0.15, 0.2) is 5.78 Å². The first-order valence-electron chi connectivity index (χ1n) is 3.45. The van der Waals surface area contributed by atoms with Crippen molar-refractivity contribution in [2.45, 2.75) is 13.3 Å². The largest absolute Gasteiger partial charge is 0.301 e. The predicted octanol–water partition coefficient (Wildman–Crippen LogP) is 1.59. The van der Waals surface area contributed by atoms with Gasteiger partial charge < -0.3 is 5.73 Å². The number of aromatic nitrogens is 1. The molecule has 0 spiro atoms. The van der Waals surface area contributed by atoms with Gasteiger partial charge >= 0.3 is 0 Å². The average molecular weight is 149 g/mol. The van der Waals surface area contributed by atoms with Gasteiger partial charge in [0, 0.05) is 12.6 Å². The van der Waals surface area contributed by atoms with E-state index in [4.69, 9.17) is 5.73 Å². The molecule has 0 bridgehead atoms. The highest BCUT2D eigenvalue weighted by molar-refractivity contribution is 5.94. The number of hydrogen-bond donors (Lipinski definition) is 0. The van der Waals surface area contributed by atoms with Crippen LogP contribution in [-0.2, 0) is 0 Å². The second-order valence-corrected chi connectivity index (χ2v) is 2.21. The summed E-state index contributed by atoms with van der Waals surface area (Å²) < 4.78 is 0. The van der Waals surface area contributed by atoms with Crippen LogP contribution in [-0.4, -0.2) is 10.8 Å². The van der Waals surface area contributed by atoms with Gasteiger partial charge in [0.25, 0.3) is 0 Å². The Morgan fingerprint density at radius 2 is 2.45 bits per heavy atom. The van der Waals surface area contributed by atoms with Crippen molar-refractivity contribution < 1.29 is 4.79 Å². The lowest BCUT2D eigenvalue weighted by Gasteiger charge is -1.95. The van der Waals surface area contributed by atoms with Crippen molar-refractivity contribution in [3.63, 3.8) is 0 Å². The van der Waals surface area contributed by atoms with E-state index in [0.717, 1.165) is 0 Å². The van der Waals surface area contributed by atoms with E-state index in [2.05, 4.69) is 4.98 Å². The number of hydrogen-bond acceptors (Lipinski definition) is 2. The molecule has 1 rings (SSSR count). The first kappa shape index (κ1) is 7.72. The van der Waals surface area contributed by atoms with Gasteiger partial charge in [-0.05, 0) is 12.1 Å². The lowest BCUT2D eigenvalue weighted by atomic mass is 10.2. The molecule has 0 saturated carbocycles. The van der Waals surface area contributed by atoms with E-state index in [0.29, 0.717) is 17.8 Å². The maximum atomic E-state index is 11.0. The summed E-state index contributed by atoms with van der Waals surface area (Å²) in [5, 5.41) is 0. The predicted molar refractivity (Wildman–Crippen MR) is 41.6 cm³/mol. The van der Waals surface area contributed by atoms with E-state index in [-0.39, 0.29) is 5.78 Å². The summed E-state index contributed by atoms with van der Waals surface area (Å²) in [5.74, 6) is -0.0147. The molecule has 0 aliphatic carbocycles. The Morgan fingerprint density at radius 1 is 1.73 bits per heavy atom. The highest BCUT2D eigenvalue weighted by Gasteiger charge is 2.03. The molecule has 3 nitrogen and oxygen atoms in total. The minimum absolute atomic E-state index is 0.0147. The topological polar surface area (TPSA) is 53.8 Å². The molecule has 1 heterocycles. The fraction of sp³-hybridized carbons (Fsp3) is 0.250. The third-order valence-electron chi connectivity index (χ3n) is 1.37. The Kier molecular flexibility index (Phi) is 2.21. The van der Waals surface area contributed by atoms with Gasteiger partial charge in [-0.2, -0.15) is 0 Å². The van der Waals surface area contributed by atoms with E-state index in [9.17, 15) is 4.79 Å². The number of carbonyl (C=O) groups excluding carboxylic acids is 1. The second-order valence-electron chi connectivity index (χ2n) is 2.21. The SMILES string of the molecule is CCC(=O)c1cc([NH])ccn1. The summed E-state index contributed by atoms with van der Waals surface area (Å²) in [7, 11) is 0. The summed E-state index contributed by atoms with van der Waals surface area (Å²) in [6.07, 6.45) is 1.92. The zero-order valence-corrected chi connectivity index (χ0v) is 6.29. The molecule has 0 aromatic carbocycles. The van der Waals surface area contributed by atoms with Crippen LogP contribution in [0.15, 0.2) is 18.3 Å². The van der Waals surface area contributed by atoms with Crippen LogP contribution >= 0.6 is 0 Å². The number of rotatable bonds is 2. The van der Waals surface area contributed by atoms with Crippen LogP contribution in [0, 0.1) is 0 Å². The number of nitrogens with zero attached hydrogens (tertiary/aromatic N) is 1. The molecule has 11 heavy (non-hydrogen) atoms.